The number of hydrazone groups is 1. The number of carbonyl (C=O) groups excluding carboxylic acids is 1. The number of hydrogen-bond acceptors (Lipinski definition) is 4. The fraction of sp³-hybridized carbons (Fsp3) is 0.308. The van der Waals surface area contributed by atoms with Crippen molar-refractivity contribution < 1.29 is 9.53 Å². The van der Waals surface area contributed by atoms with Gasteiger partial charge in [0.25, 0.3) is 5.91 Å². The van der Waals surface area contributed by atoms with Crippen LogP contribution in [0.15, 0.2) is 29.4 Å². The molecule has 18 heavy (non-hydrogen) atoms. The van der Waals surface area contributed by atoms with Gasteiger partial charge in [-0.3, -0.25) is 4.79 Å². The average Bonchev–Trinajstić information content (AvgIpc) is 2.40. The van der Waals surface area contributed by atoms with E-state index >= 15 is 0 Å². The maximum absolute atomic E-state index is 12.1. The number of rotatable bonds is 2. The molecule has 1 amide bonds. The zero-order valence-electron chi connectivity index (χ0n) is 10.2. The third-order valence-electron chi connectivity index (χ3n) is 2.87. The Kier molecular flexibility index (Phi) is 3.28. The molecule has 2 atom stereocenters. The van der Waals surface area contributed by atoms with Gasteiger partial charge in [-0.1, -0.05) is 6.92 Å². The van der Waals surface area contributed by atoms with E-state index in [4.69, 9.17) is 10.00 Å². The second-order valence-electron chi connectivity index (χ2n) is 4.08. The van der Waals surface area contributed by atoms with E-state index in [1.807, 2.05) is 6.07 Å². The van der Waals surface area contributed by atoms with Crippen LogP contribution in [0.25, 0.3) is 0 Å². The van der Waals surface area contributed by atoms with Crippen molar-refractivity contribution in [2.24, 2.45) is 16.9 Å². The number of methoxy groups -OCH3 is 1. The van der Waals surface area contributed by atoms with E-state index in [-0.39, 0.29) is 11.8 Å². The summed E-state index contributed by atoms with van der Waals surface area (Å²) in [6.45, 7) is 1.81. The molecule has 0 spiro atoms. The molecular formula is C13H13N3O2. The Labute approximate surface area is 105 Å². The Bertz CT molecular complexity index is 516. The Morgan fingerprint density at radius 1 is 1.39 bits per heavy atom. The number of amides is 1. The van der Waals surface area contributed by atoms with Crippen LogP contribution in [0.2, 0.25) is 0 Å². The van der Waals surface area contributed by atoms with Crippen molar-refractivity contribution in [3.05, 3.63) is 24.3 Å². The van der Waals surface area contributed by atoms with Crippen LogP contribution in [-0.2, 0) is 4.79 Å². The minimum absolute atomic E-state index is 0.156. The van der Waals surface area contributed by atoms with Crippen LogP contribution in [-0.4, -0.2) is 19.2 Å². The van der Waals surface area contributed by atoms with Gasteiger partial charge in [-0.05, 0) is 24.3 Å². The molecule has 1 aromatic carbocycles. The molecule has 5 nitrogen and oxygen atoms in total. The number of anilines is 1. The summed E-state index contributed by atoms with van der Waals surface area (Å²) in [5.41, 5.74) is 0.629. The maximum atomic E-state index is 12.1. The lowest BCUT2D eigenvalue weighted by Gasteiger charge is -2.26. The molecule has 0 radical (unpaired) electrons. The first-order chi connectivity index (χ1) is 8.67. The van der Waals surface area contributed by atoms with E-state index in [1.165, 1.54) is 5.01 Å². The molecule has 0 N–H and O–H groups in total. The first-order valence-electron chi connectivity index (χ1n) is 5.59. The van der Waals surface area contributed by atoms with E-state index in [2.05, 4.69) is 5.10 Å². The highest BCUT2D eigenvalue weighted by Crippen LogP contribution is 2.25. The Balaban J connectivity index is 2.30. The topological polar surface area (TPSA) is 65.7 Å². The first-order valence-corrected chi connectivity index (χ1v) is 5.59. The number of benzene rings is 1. The molecule has 0 fully saturated rings. The fourth-order valence-corrected chi connectivity index (χ4v) is 1.76. The SMILES string of the molecule is COc1ccc(N2N=CC(C)C(C#N)C2=O)cc1. The summed E-state index contributed by atoms with van der Waals surface area (Å²) in [4.78, 5) is 12.1. The molecule has 0 saturated heterocycles. The summed E-state index contributed by atoms with van der Waals surface area (Å²) in [6.07, 6.45) is 1.62. The normalized spacial score (nSPS) is 22.7. The maximum Gasteiger partial charge on any atom is 0.265 e. The summed E-state index contributed by atoms with van der Waals surface area (Å²) < 4.78 is 5.05. The predicted octanol–water partition coefficient (Wildman–Crippen LogP) is 1.80. The van der Waals surface area contributed by atoms with Crippen molar-refractivity contribution in [3.8, 4) is 11.8 Å². The lowest BCUT2D eigenvalue weighted by atomic mass is 9.94. The van der Waals surface area contributed by atoms with E-state index < -0.39 is 5.92 Å². The molecule has 0 aliphatic carbocycles. The van der Waals surface area contributed by atoms with E-state index in [0.29, 0.717) is 11.4 Å². The van der Waals surface area contributed by atoms with Crippen molar-refractivity contribution in [3.63, 3.8) is 0 Å². The van der Waals surface area contributed by atoms with Crippen LogP contribution in [0.1, 0.15) is 6.92 Å². The summed E-state index contributed by atoms with van der Waals surface area (Å²) in [5.74, 6) is -0.420. The van der Waals surface area contributed by atoms with Crippen LogP contribution in [0.3, 0.4) is 0 Å². The van der Waals surface area contributed by atoms with Gasteiger partial charge in [0.15, 0.2) is 0 Å². The molecule has 5 heteroatoms. The molecule has 0 aromatic heterocycles. The number of carbonyl (C=O) groups is 1. The highest BCUT2D eigenvalue weighted by Gasteiger charge is 2.32. The molecule has 92 valence electrons. The molecule has 2 rings (SSSR count). The molecule has 2 unspecified atom stereocenters. The second kappa shape index (κ2) is 4.88. The van der Waals surface area contributed by atoms with Crippen molar-refractivity contribution in [1.82, 2.24) is 0 Å². The van der Waals surface area contributed by atoms with Gasteiger partial charge in [-0.2, -0.15) is 15.4 Å². The fourth-order valence-electron chi connectivity index (χ4n) is 1.76. The van der Waals surface area contributed by atoms with Gasteiger partial charge in [-0.15, -0.1) is 0 Å². The van der Waals surface area contributed by atoms with Gasteiger partial charge < -0.3 is 4.74 Å². The van der Waals surface area contributed by atoms with Gasteiger partial charge >= 0.3 is 0 Å². The van der Waals surface area contributed by atoms with Crippen molar-refractivity contribution in [2.45, 2.75) is 6.92 Å². The Hall–Kier alpha value is -2.35. The second-order valence-corrected chi connectivity index (χ2v) is 4.08. The van der Waals surface area contributed by atoms with Crippen LogP contribution in [0.4, 0.5) is 5.69 Å². The third-order valence-corrected chi connectivity index (χ3v) is 2.87. The van der Waals surface area contributed by atoms with Gasteiger partial charge in [0.1, 0.15) is 11.7 Å². The van der Waals surface area contributed by atoms with Crippen molar-refractivity contribution in [1.29, 1.82) is 5.26 Å². The Morgan fingerprint density at radius 3 is 2.61 bits per heavy atom. The molecule has 1 heterocycles. The minimum atomic E-state index is -0.676. The zero-order chi connectivity index (χ0) is 13.1. The van der Waals surface area contributed by atoms with Crippen molar-refractivity contribution in [2.75, 3.05) is 12.1 Å². The number of nitrogens with zero attached hydrogens (tertiary/aromatic N) is 3. The molecule has 1 aromatic rings. The number of hydrogen-bond donors (Lipinski definition) is 0. The van der Waals surface area contributed by atoms with Gasteiger partial charge in [-0.25, -0.2) is 0 Å². The van der Waals surface area contributed by atoms with Crippen LogP contribution >= 0.6 is 0 Å². The molecule has 1 aliphatic rings. The lowest BCUT2D eigenvalue weighted by molar-refractivity contribution is -0.121. The number of nitriles is 1. The molecular weight excluding hydrogens is 230 g/mol. The minimum Gasteiger partial charge on any atom is -0.497 e. The number of ether oxygens (including phenoxy) is 1. The van der Waals surface area contributed by atoms with Crippen LogP contribution in [0.5, 0.6) is 5.75 Å². The monoisotopic (exact) mass is 243 g/mol. The predicted molar refractivity (Wildman–Crippen MR) is 67.2 cm³/mol. The largest absolute Gasteiger partial charge is 0.497 e. The highest BCUT2D eigenvalue weighted by atomic mass is 16.5. The highest BCUT2D eigenvalue weighted by molar-refractivity contribution is 6.00. The van der Waals surface area contributed by atoms with Crippen LogP contribution in [0, 0.1) is 23.2 Å². The zero-order valence-corrected chi connectivity index (χ0v) is 10.2. The van der Waals surface area contributed by atoms with E-state index in [0.717, 1.165) is 0 Å². The summed E-state index contributed by atoms with van der Waals surface area (Å²) in [7, 11) is 1.58. The summed E-state index contributed by atoms with van der Waals surface area (Å²) >= 11 is 0. The standard InChI is InChI=1S/C13H13N3O2/c1-9-8-15-16(13(17)12(9)7-14)10-3-5-11(18-2)6-4-10/h3-6,8-9,12H,1-2H3. The summed E-state index contributed by atoms with van der Waals surface area (Å²) in [6, 6.07) is 8.98. The first kappa shape index (κ1) is 12.1. The molecule has 0 saturated carbocycles. The van der Waals surface area contributed by atoms with Gasteiger partial charge in [0.2, 0.25) is 0 Å². The quantitative estimate of drug-likeness (QED) is 0.795. The summed E-state index contributed by atoms with van der Waals surface area (Å²) in [5, 5.41) is 14.3. The van der Waals surface area contributed by atoms with Crippen molar-refractivity contribution >= 4 is 17.8 Å². The molecule has 0 bridgehead atoms. The van der Waals surface area contributed by atoms with Gasteiger partial charge in [0.05, 0.1) is 18.9 Å². The van der Waals surface area contributed by atoms with E-state index in [1.54, 1.807) is 44.5 Å². The van der Waals surface area contributed by atoms with Gasteiger partial charge in [0, 0.05) is 12.1 Å². The van der Waals surface area contributed by atoms with Crippen LogP contribution < -0.4 is 9.75 Å². The third kappa shape index (κ3) is 2.05. The smallest absolute Gasteiger partial charge is 0.265 e. The molecule has 1 aliphatic heterocycles. The average molecular weight is 243 g/mol. The lowest BCUT2D eigenvalue weighted by Crippen LogP contribution is -2.39. The van der Waals surface area contributed by atoms with E-state index in [9.17, 15) is 4.79 Å². The Morgan fingerprint density at radius 2 is 2.06 bits per heavy atom.